The number of carboxylic acids is 1. The van der Waals surface area contributed by atoms with Gasteiger partial charge in [0.1, 0.15) is 24.0 Å². The molecule has 5 rings (SSSR count). The maximum atomic E-state index is 14.9. The van der Waals surface area contributed by atoms with Crippen LogP contribution in [0.1, 0.15) is 46.3 Å². The first-order valence-corrected chi connectivity index (χ1v) is 14.9. The molecule has 3 aromatic carbocycles. The maximum absolute atomic E-state index is 14.9. The molecule has 10 nitrogen and oxygen atoms in total. The predicted octanol–water partition coefficient (Wildman–Crippen LogP) is 5.28. The minimum atomic E-state index is -1.11. The van der Waals surface area contributed by atoms with Crippen molar-refractivity contribution in [3.63, 3.8) is 0 Å². The SMILES string of the molecule is Cc1cccc(OCCCC(=O)N2CCOc3c(-c4cnn(Cc5c(F)cc(C(=O)NCCC(=O)O)cc5F)c4)cccc32)c1C. The van der Waals surface area contributed by atoms with Crippen molar-refractivity contribution in [1.82, 2.24) is 15.1 Å². The predicted molar refractivity (Wildman–Crippen MR) is 166 cm³/mol. The molecule has 0 atom stereocenters. The molecule has 0 saturated carbocycles. The van der Waals surface area contributed by atoms with Crippen LogP contribution in [-0.2, 0) is 16.1 Å². The molecule has 0 radical (unpaired) electrons. The number of benzene rings is 3. The summed E-state index contributed by atoms with van der Waals surface area (Å²) in [5.41, 5.74) is 3.61. The Bertz CT molecular complexity index is 1750. The first-order chi connectivity index (χ1) is 22.1. The summed E-state index contributed by atoms with van der Waals surface area (Å²) in [6, 6.07) is 13.2. The molecule has 1 aromatic heterocycles. The number of carbonyl (C=O) groups excluding carboxylic acids is 2. The van der Waals surface area contributed by atoms with Crippen LogP contribution in [0.25, 0.3) is 11.1 Å². The fraction of sp³-hybridized carbons (Fsp3) is 0.294. The third kappa shape index (κ3) is 7.33. The van der Waals surface area contributed by atoms with Crippen LogP contribution in [0.15, 0.2) is 60.9 Å². The number of aromatic nitrogens is 2. The van der Waals surface area contributed by atoms with Crippen LogP contribution in [-0.4, -0.2) is 59.0 Å². The van der Waals surface area contributed by atoms with E-state index in [0.717, 1.165) is 29.0 Å². The minimum absolute atomic E-state index is 0.0491. The van der Waals surface area contributed by atoms with E-state index in [4.69, 9.17) is 14.6 Å². The van der Waals surface area contributed by atoms with Gasteiger partial charge in [-0.05, 0) is 55.7 Å². The molecule has 2 N–H and O–H groups in total. The Morgan fingerprint density at radius 2 is 1.83 bits per heavy atom. The van der Waals surface area contributed by atoms with Gasteiger partial charge in [0.25, 0.3) is 5.91 Å². The largest absolute Gasteiger partial charge is 0.493 e. The molecule has 0 saturated heterocycles. The van der Waals surface area contributed by atoms with Gasteiger partial charge in [-0.25, -0.2) is 8.78 Å². The summed E-state index contributed by atoms with van der Waals surface area (Å²) in [5.74, 6) is -2.47. The molecule has 0 unspecified atom stereocenters. The molecule has 4 aromatic rings. The van der Waals surface area contributed by atoms with Gasteiger partial charge in [-0.3, -0.25) is 19.1 Å². The topological polar surface area (TPSA) is 123 Å². The third-order valence-corrected chi connectivity index (χ3v) is 7.79. The molecule has 0 fully saturated rings. The number of anilines is 1. The number of carbonyl (C=O) groups is 3. The van der Waals surface area contributed by atoms with E-state index in [1.807, 2.05) is 50.2 Å². The van der Waals surface area contributed by atoms with Crippen molar-refractivity contribution in [2.24, 2.45) is 0 Å². The highest BCUT2D eigenvalue weighted by Gasteiger charge is 2.26. The van der Waals surface area contributed by atoms with Crippen LogP contribution in [0.5, 0.6) is 11.5 Å². The average Bonchev–Trinajstić information content (AvgIpc) is 3.50. The van der Waals surface area contributed by atoms with Crippen molar-refractivity contribution < 1.29 is 37.7 Å². The van der Waals surface area contributed by atoms with E-state index in [-0.39, 0.29) is 36.5 Å². The highest BCUT2D eigenvalue weighted by atomic mass is 19.1. The average molecular weight is 633 g/mol. The standard InChI is InChI=1S/C34H34F2N4O6/c1-21-6-3-9-30(22(21)2)45-14-5-10-31(41)40-13-15-46-33-25(7-4-8-29(33)40)24-18-38-39(19-24)20-26-27(35)16-23(17-28(26)36)34(44)37-12-11-32(42)43/h3-4,6-9,16-19H,5,10-15,20H2,1-2H3,(H,37,44)(H,42,43). The summed E-state index contributed by atoms with van der Waals surface area (Å²) in [4.78, 5) is 37.8. The van der Waals surface area contributed by atoms with Gasteiger partial charge in [0.05, 0.1) is 38.0 Å². The molecule has 2 heterocycles. The Kier molecular flexibility index (Phi) is 9.94. The number of rotatable bonds is 12. The lowest BCUT2D eigenvalue weighted by molar-refractivity contribution is -0.136. The molecular weight excluding hydrogens is 598 g/mol. The molecule has 1 aliphatic rings. The summed E-state index contributed by atoms with van der Waals surface area (Å²) in [7, 11) is 0. The van der Waals surface area contributed by atoms with Gasteiger partial charge < -0.3 is 24.8 Å². The minimum Gasteiger partial charge on any atom is -0.493 e. The third-order valence-electron chi connectivity index (χ3n) is 7.79. The molecule has 0 aliphatic carbocycles. The summed E-state index contributed by atoms with van der Waals surface area (Å²) in [6.45, 7) is 4.73. The van der Waals surface area contributed by atoms with E-state index in [0.29, 0.717) is 55.2 Å². The Morgan fingerprint density at radius 1 is 1.07 bits per heavy atom. The van der Waals surface area contributed by atoms with Crippen molar-refractivity contribution in [1.29, 1.82) is 0 Å². The van der Waals surface area contributed by atoms with Gasteiger partial charge in [-0.2, -0.15) is 5.10 Å². The number of amides is 2. The molecule has 12 heteroatoms. The van der Waals surface area contributed by atoms with Crippen molar-refractivity contribution in [3.05, 3.63) is 94.8 Å². The van der Waals surface area contributed by atoms with Gasteiger partial charge in [-0.15, -0.1) is 0 Å². The number of nitrogens with zero attached hydrogens (tertiary/aromatic N) is 3. The van der Waals surface area contributed by atoms with Gasteiger partial charge in [0.2, 0.25) is 5.91 Å². The lowest BCUT2D eigenvalue weighted by Gasteiger charge is -2.31. The van der Waals surface area contributed by atoms with Crippen molar-refractivity contribution in [2.75, 3.05) is 31.2 Å². The van der Waals surface area contributed by atoms with E-state index in [1.54, 1.807) is 17.3 Å². The van der Waals surface area contributed by atoms with Crippen LogP contribution in [0.2, 0.25) is 0 Å². The maximum Gasteiger partial charge on any atom is 0.305 e. The lowest BCUT2D eigenvalue weighted by atomic mass is 10.1. The fourth-order valence-corrected chi connectivity index (χ4v) is 5.18. The monoisotopic (exact) mass is 632 g/mol. The zero-order valence-corrected chi connectivity index (χ0v) is 25.5. The number of fused-ring (bicyclic) bond motifs is 1. The van der Waals surface area contributed by atoms with Gasteiger partial charge in [0, 0.05) is 41.4 Å². The number of carboxylic acid groups (broad SMARTS) is 1. The number of ether oxygens (including phenoxy) is 2. The zero-order chi connectivity index (χ0) is 32.8. The van der Waals surface area contributed by atoms with Crippen LogP contribution in [0.4, 0.5) is 14.5 Å². The first-order valence-electron chi connectivity index (χ1n) is 14.9. The quantitative estimate of drug-likeness (QED) is 0.204. The molecule has 0 spiro atoms. The van der Waals surface area contributed by atoms with Crippen LogP contribution >= 0.6 is 0 Å². The van der Waals surface area contributed by atoms with Crippen LogP contribution < -0.4 is 19.7 Å². The Hall–Kier alpha value is -5.26. The Labute approximate surface area is 264 Å². The number of para-hydroxylation sites is 1. The van der Waals surface area contributed by atoms with E-state index in [9.17, 15) is 23.2 Å². The number of aryl methyl sites for hydroxylation is 1. The molecule has 0 bridgehead atoms. The Morgan fingerprint density at radius 3 is 2.59 bits per heavy atom. The van der Waals surface area contributed by atoms with E-state index >= 15 is 0 Å². The molecule has 2 amide bonds. The van der Waals surface area contributed by atoms with Crippen LogP contribution in [0, 0.1) is 25.5 Å². The summed E-state index contributed by atoms with van der Waals surface area (Å²) >= 11 is 0. The highest BCUT2D eigenvalue weighted by molar-refractivity contribution is 5.97. The summed E-state index contributed by atoms with van der Waals surface area (Å²) in [5, 5.41) is 15.3. The smallest absolute Gasteiger partial charge is 0.305 e. The number of hydrogen-bond acceptors (Lipinski definition) is 6. The van der Waals surface area contributed by atoms with Crippen molar-refractivity contribution in [3.8, 4) is 22.6 Å². The number of nitrogens with one attached hydrogen (secondary N) is 1. The summed E-state index contributed by atoms with van der Waals surface area (Å²) < 4.78 is 43.1. The number of hydrogen-bond donors (Lipinski definition) is 2. The van der Waals surface area contributed by atoms with E-state index in [2.05, 4.69) is 10.4 Å². The second-order valence-corrected chi connectivity index (χ2v) is 10.9. The van der Waals surface area contributed by atoms with E-state index < -0.39 is 23.5 Å². The lowest BCUT2D eigenvalue weighted by Crippen LogP contribution is -2.38. The summed E-state index contributed by atoms with van der Waals surface area (Å²) in [6.07, 6.45) is 3.70. The molecule has 240 valence electrons. The molecular formula is C34H34F2N4O6. The second-order valence-electron chi connectivity index (χ2n) is 10.9. The first kappa shape index (κ1) is 32.1. The van der Waals surface area contributed by atoms with Gasteiger partial charge >= 0.3 is 5.97 Å². The van der Waals surface area contributed by atoms with E-state index in [1.165, 1.54) is 4.68 Å². The van der Waals surface area contributed by atoms with Crippen molar-refractivity contribution >= 4 is 23.5 Å². The van der Waals surface area contributed by atoms with Crippen LogP contribution in [0.3, 0.4) is 0 Å². The second kappa shape index (κ2) is 14.2. The fourth-order valence-electron chi connectivity index (χ4n) is 5.18. The van der Waals surface area contributed by atoms with Crippen molar-refractivity contribution in [2.45, 2.75) is 39.7 Å². The normalized spacial score (nSPS) is 12.3. The zero-order valence-electron chi connectivity index (χ0n) is 25.5. The van der Waals surface area contributed by atoms with Gasteiger partial charge in [-0.1, -0.05) is 24.3 Å². The number of halogens is 2. The highest BCUT2D eigenvalue weighted by Crippen LogP contribution is 2.41. The Balaban J connectivity index is 1.25. The number of aliphatic carboxylic acids is 1. The molecule has 1 aliphatic heterocycles. The molecule has 46 heavy (non-hydrogen) atoms. The van der Waals surface area contributed by atoms with Gasteiger partial charge in [0.15, 0.2) is 5.75 Å².